The summed E-state index contributed by atoms with van der Waals surface area (Å²) in [5.41, 5.74) is 0. The molecular weight excluding hydrogens is 230 g/mol. The lowest BCUT2D eigenvalue weighted by atomic mass is 10.1. The molecule has 1 atom stereocenters. The van der Waals surface area contributed by atoms with Gasteiger partial charge >= 0.3 is 0 Å². The van der Waals surface area contributed by atoms with Gasteiger partial charge in [0.05, 0.1) is 12.5 Å². The van der Waals surface area contributed by atoms with Crippen LogP contribution in [0.5, 0.6) is 0 Å². The van der Waals surface area contributed by atoms with Crippen LogP contribution in [0.15, 0.2) is 0 Å². The minimum atomic E-state index is -0.115. The zero-order valence-corrected chi connectivity index (χ0v) is 10.4. The van der Waals surface area contributed by atoms with E-state index < -0.39 is 0 Å². The molecule has 5 nitrogen and oxygen atoms in total. The Morgan fingerprint density at radius 3 is 2.69 bits per heavy atom. The highest BCUT2D eigenvalue weighted by Crippen LogP contribution is 2.06. The normalized spacial score (nSPS) is 18.7. The van der Waals surface area contributed by atoms with Gasteiger partial charge in [-0.2, -0.15) is 0 Å². The van der Waals surface area contributed by atoms with Crippen molar-refractivity contribution < 1.29 is 9.59 Å². The summed E-state index contributed by atoms with van der Waals surface area (Å²) < 4.78 is 0. The molecule has 0 spiro atoms. The van der Waals surface area contributed by atoms with Crippen molar-refractivity contribution in [3.8, 4) is 0 Å². The highest BCUT2D eigenvalue weighted by molar-refractivity contribution is 5.86. The second kappa shape index (κ2) is 8.35. The average molecular weight is 250 g/mol. The van der Waals surface area contributed by atoms with E-state index in [1.54, 1.807) is 0 Å². The van der Waals surface area contributed by atoms with Crippen LogP contribution in [0, 0.1) is 5.92 Å². The van der Waals surface area contributed by atoms with E-state index in [1.165, 1.54) is 0 Å². The third-order valence-electron chi connectivity index (χ3n) is 2.43. The van der Waals surface area contributed by atoms with Crippen LogP contribution in [0.1, 0.15) is 19.8 Å². The Bertz CT molecular complexity index is 230. The molecule has 0 aromatic rings. The third kappa shape index (κ3) is 5.32. The van der Waals surface area contributed by atoms with E-state index in [9.17, 15) is 9.59 Å². The van der Waals surface area contributed by atoms with E-state index in [0.717, 1.165) is 25.9 Å². The molecule has 1 saturated heterocycles. The van der Waals surface area contributed by atoms with Crippen LogP contribution in [-0.4, -0.2) is 38.0 Å². The maximum Gasteiger partial charge on any atom is 0.239 e. The van der Waals surface area contributed by atoms with Crippen LogP contribution in [0.25, 0.3) is 0 Å². The molecule has 6 heteroatoms. The lowest BCUT2D eigenvalue weighted by Crippen LogP contribution is -2.40. The quantitative estimate of drug-likeness (QED) is 0.624. The second-order valence-corrected chi connectivity index (χ2v) is 3.76. The number of hydrogen-bond acceptors (Lipinski definition) is 3. The summed E-state index contributed by atoms with van der Waals surface area (Å²) in [7, 11) is 0. The van der Waals surface area contributed by atoms with Crippen molar-refractivity contribution in [3.63, 3.8) is 0 Å². The maximum atomic E-state index is 11.5. The Kier molecular flexibility index (Phi) is 7.93. The number of nitrogens with one attached hydrogen (secondary N) is 3. The first-order valence-electron chi connectivity index (χ1n) is 5.49. The van der Waals surface area contributed by atoms with Crippen LogP contribution >= 0.6 is 12.4 Å². The minimum Gasteiger partial charge on any atom is -0.355 e. The van der Waals surface area contributed by atoms with Crippen molar-refractivity contribution in [1.82, 2.24) is 16.0 Å². The molecule has 94 valence electrons. The van der Waals surface area contributed by atoms with Crippen LogP contribution in [-0.2, 0) is 9.59 Å². The van der Waals surface area contributed by atoms with E-state index in [2.05, 4.69) is 16.0 Å². The van der Waals surface area contributed by atoms with Crippen LogP contribution in [0.3, 0.4) is 0 Å². The molecule has 1 rings (SSSR count). The molecule has 1 fully saturated rings. The first-order valence-corrected chi connectivity index (χ1v) is 5.49. The SMILES string of the molecule is CCCNC(=O)CNC(=O)C1CCNC1.Cl. The van der Waals surface area contributed by atoms with Crippen molar-refractivity contribution in [2.24, 2.45) is 5.92 Å². The number of amides is 2. The molecule has 0 radical (unpaired) electrons. The Labute approximate surface area is 102 Å². The molecule has 3 N–H and O–H groups in total. The first kappa shape index (κ1) is 15.2. The van der Waals surface area contributed by atoms with Crippen molar-refractivity contribution in [2.45, 2.75) is 19.8 Å². The number of carbonyl (C=O) groups excluding carboxylic acids is 2. The fourth-order valence-electron chi connectivity index (χ4n) is 1.52. The molecule has 0 saturated carbocycles. The minimum absolute atomic E-state index is 0. The van der Waals surface area contributed by atoms with Crippen LogP contribution in [0.4, 0.5) is 0 Å². The Balaban J connectivity index is 0.00000225. The molecule has 0 aromatic carbocycles. The molecule has 1 unspecified atom stereocenters. The summed E-state index contributed by atoms with van der Waals surface area (Å²) in [6, 6.07) is 0. The van der Waals surface area contributed by atoms with Gasteiger partial charge in [-0.3, -0.25) is 9.59 Å². The first-order chi connectivity index (χ1) is 7.24. The summed E-state index contributed by atoms with van der Waals surface area (Å²) in [5.74, 6) is -0.105. The summed E-state index contributed by atoms with van der Waals surface area (Å²) in [5, 5.41) is 8.47. The van der Waals surface area contributed by atoms with E-state index in [0.29, 0.717) is 6.54 Å². The van der Waals surface area contributed by atoms with Gasteiger partial charge in [0.2, 0.25) is 11.8 Å². The molecule has 2 amide bonds. The van der Waals surface area contributed by atoms with Gasteiger partial charge in [0.1, 0.15) is 0 Å². The number of hydrogen-bond donors (Lipinski definition) is 3. The second-order valence-electron chi connectivity index (χ2n) is 3.76. The summed E-state index contributed by atoms with van der Waals surface area (Å²) in [6.07, 6.45) is 1.77. The van der Waals surface area contributed by atoms with E-state index in [1.807, 2.05) is 6.92 Å². The van der Waals surface area contributed by atoms with Gasteiger partial charge in [0.15, 0.2) is 0 Å². The van der Waals surface area contributed by atoms with Crippen molar-refractivity contribution in [1.29, 1.82) is 0 Å². The number of carbonyl (C=O) groups is 2. The Morgan fingerprint density at radius 1 is 1.38 bits per heavy atom. The molecule has 0 aliphatic carbocycles. The molecule has 0 bridgehead atoms. The highest BCUT2D eigenvalue weighted by Gasteiger charge is 2.22. The van der Waals surface area contributed by atoms with Crippen molar-refractivity contribution in [3.05, 3.63) is 0 Å². The molecule has 1 heterocycles. The van der Waals surface area contributed by atoms with Gasteiger partial charge in [-0.25, -0.2) is 0 Å². The third-order valence-corrected chi connectivity index (χ3v) is 2.43. The lowest BCUT2D eigenvalue weighted by molar-refractivity contribution is -0.128. The fourth-order valence-corrected chi connectivity index (χ4v) is 1.52. The van der Waals surface area contributed by atoms with E-state index in [-0.39, 0.29) is 36.7 Å². The molecule has 1 aliphatic rings. The van der Waals surface area contributed by atoms with Gasteiger partial charge in [-0.15, -0.1) is 12.4 Å². The average Bonchev–Trinajstić information content (AvgIpc) is 2.76. The zero-order chi connectivity index (χ0) is 11.1. The van der Waals surface area contributed by atoms with Crippen LogP contribution in [0.2, 0.25) is 0 Å². The standard InChI is InChI=1S/C10H19N3O2.ClH/c1-2-4-12-9(14)7-13-10(15)8-3-5-11-6-8;/h8,11H,2-7H2,1H3,(H,12,14)(H,13,15);1H. The highest BCUT2D eigenvalue weighted by atomic mass is 35.5. The number of halogens is 1. The monoisotopic (exact) mass is 249 g/mol. The molecule has 1 aliphatic heterocycles. The van der Waals surface area contributed by atoms with Gasteiger partial charge in [-0.05, 0) is 19.4 Å². The van der Waals surface area contributed by atoms with E-state index >= 15 is 0 Å². The largest absolute Gasteiger partial charge is 0.355 e. The van der Waals surface area contributed by atoms with Crippen molar-refractivity contribution >= 4 is 24.2 Å². The molecule has 16 heavy (non-hydrogen) atoms. The Hall–Kier alpha value is -0.810. The lowest BCUT2D eigenvalue weighted by Gasteiger charge is -2.09. The van der Waals surface area contributed by atoms with Crippen molar-refractivity contribution in [2.75, 3.05) is 26.2 Å². The maximum absolute atomic E-state index is 11.5. The Morgan fingerprint density at radius 2 is 2.12 bits per heavy atom. The summed E-state index contributed by atoms with van der Waals surface area (Å²) in [4.78, 5) is 22.7. The predicted molar refractivity (Wildman–Crippen MR) is 64.5 cm³/mol. The van der Waals surface area contributed by atoms with Gasteiger partial charge in [0.25, 0.3) is 0 Å². The van der Waals surface area contributed by atoms with Gasteiger partial charge in [-0.1, -0.05) is 6.92 Å². The fraction of sp³-hybridized carbons (Fsp3) is 0.800. The summed E-state index contributed by atoms with van der Waals surface area (Å²) >= 11 is 0. The molecule has 0 aromatic heterocycles. The van der Waals surface area contributed by atoms with Gasteiger partial charge < -0.3 is 16.0 Å². The zero-order valence-electron chi connectivity index (χ0n) is 9.54. The smallest absolute Gasteiger partial charge is 0.239 e. The van der Waals surface area contributed by atoms with Crippen LogP contribution < -0.4 is 16.0 Å². The summed E-state index contributed by atoms with van der Waals surface area (Å²) in [6.45, 7) is 4.36. The topological polar surface area (TPSA) is 70.2 Å². The molecular formula is C10H20ClN3O2. The number of rotatable bonds is 5. The van der Waals surface area contributed by atoms with Gasteiger partial charge in [0, 0.05) is 13.1 Å². The van der Waals surface area contributed by atoms with E-state index in [4.69, 9.17) is 0 Å². The predicted octanol–water partition coefficient (Wildman–Crippen LogP) is -0.340.